The first kappa shape index (κ1) is 9.41. The Morgan fingerprint density at radius 2 is 2.00 bits per heavy atom. The maximum Gasteiger partial charge on any atom is 0.160 e. The second-order valence-corrected chi connectivity index (χ2v) is 2.81. The zero-order valence-electron chi connectivity index (χ0n) is 7.27. The van der Waals surface area contributed by atoms with Crippen molar-refractivity contribution in [2.24, 2.45) is 5.92 Å². The summed E-state index contributed by atoms with van der Waals surface area (Å²) in [4.78, 5) is 11.2. The fraction of sp³-hybridized carbons (Fsp3) is 0.667. The fourth-order valence-electron chi connectivity index (χ4n) is 0.862. The maximum absolute atomic E-state index is 11.2. The van der Waals surface area contributed by atoms with Crippen LogP contribution in [0.3, 0.4) is 0 Å². The van der Waals surface area contributed by atoms with Gasteiger partial charge in [-0.2, -0.15) is 0 Å². The molecule has 0 amide bonds. The molecule has 0 rings (SSSR count). The first-order valence-electron chi connectivity index (χ1n) is 3.80. The van der Waals surface area contributed by atoms with Crippen molar-refractivity contribution in [1.29, 1.82) is 0 Å². The lowest BCUT2D eigenvalue weighted by atomic mass is 10.0. The summed E-state index contributed by atoms with van der Waals surface area (Å²) in [6.07, 6.45) is 2.92. The SMILES string of the molecule is CC/C=C(\C)C(=O)C(C)C. The first-order chi connectivity index (χ1) is 4.59. The highest BCUT2D eigenvalue weighted by Crippen LogP contribution is 2.05. The molecule has 0 saturated carbocycles. The molecule has 1 heteroatoms. The second-order valence-electron chi connectivity index (χ2n) is 2.81. The molecule has 0 aliphatic heterocycles. The summed E-state index contributed by atoms with van der Waals surface area (Å²) in [5.74, 6) is 0.407. The summed E-state index contributed by atoms with van der Waals surface area (Å²) < 4.78 is 0. The molecule has 0 unspecified atom stereocenters. The second kappa shape index (κ2) is 4.26. The molecule has 0 aromatic carbocycles. The third-order valence-electron chi connectivity index (χ3n) is 1.42. The van der Waals surface area contributed by atoms with Crippen molar-refractivity contribution < 1.29 is 4.79 Å². The minimum absolute atomic E-state index is 0.141. The van der Waals surface area contributed by atoms with Gasteiger partial charge in [0.1, 0.15) is 0 Å². The van der Waals surface area contributed by atoms with Gasteiger partial charge in [0.2, 0.25) is 0 Å². The van der Waals surface area contributed by atoms with Crippen molar-refractivity contribution in [1.82, 2.24) is 0 Å². The van der Waals surface area contributed by atoms with Crippen LogP contribution in [0.1, 0.15) is 34.1 Å². The molecule has 0 radical (unpaired) electrons. The summed E-state index contributed by atoms with van der Waals surface area (Å²) >= 11 is 0. The predicted octanol–water partition coefficient (Wildman–Crippen LogP) is 2.57. The number of rotatable bonds is 3. The van der Waals surface area contributed by atoms with E-state index in [0.717, 1.165) is 12.0 Å². The summed E-state index contributed by atoms with van der Waals surface area (Å²) in [5, 5.41) is 0. The van der Waals surface area contributed by atoms with Gasteiger partial charge >= 0.3 is 0 Å². The Morgan fingerprint density at radius 1 is 1.50 bits per heavy atom. The molecule has 0 heterocycles. The Kier molecular flexibility index (Phi) is 4.01. The molecular formula is C9H16O. The van der Waals surface area contributed by atoms with E-state index in [-0.39, 0.29) is 11.7 Å². The van der Waals surface area contributed by atoms with Crippen LogP contribution in [0.5, 0.6) is 0 Å². The van der Waals surface area contributed by atoms with Gasteiger partial charge in [-0.3, -0.25) is 4.79 Å². The van der Waals surface area contributed by atoms with E-state index >= 15 is 0 Å². The smallest absolute Gasteiger partial charge is 0.160 e. The molecule has 0 spiro atoms. The Bertz CT molecular complexity index is 143. The molecule has 0 N–H and O–H groups in total. The van der Waals surface area contributed by atoms with Crippen molar-refractivity contribution in [3.63, 3.8) is 0 Å². The molecule has 0 aliphatic carbocycles. The number of hydrogen-bond donors (Lipinski definition) is 0. The molecule has 0 aromatic rings. The summed E-state index contributed by atoms with van der Waals surface area (Å²) in [5.41, 5.74) is 0.900. The van der Waals surface area contributed by atoms with E-state index in [9.17, 15) is 4.79 Å². The van der Waals surface area contributed by atoms with E-state index in [1.165, 1.54) is 0 Å². The van der Waals surface area contributed by atoms with Crippen LogP contribution in [-0.4, -0.2) is 5.78 Å². The van der Waals surface area contributed by atoms with Crippen molar-refractivity contribution in [2.75, 3.05) is 0 Å². The van der Waals surface area contributed by atoms with Crippen LogP contribution < -0.4 is 0 Å². The van der Waals surface area contributed by atoms with Gasteiger partial charge in [0.05, 0.1) is 0 Å². The number of allylic oxidation sites excluding steroid dienone is 2. The average molecular weight is 140 g/mol. The molecular weight excluding hydrogens is 124 g/mol. The molecule has 0 aliphatic rings. The number of carbonyl (C=O) groups excluding carboxylic acids is 1. The van der Waals surface area contributed by atoms with Gasteiger partial charge in [0, 0.05) is 5.92 Å². The minimum atomic E-state index is 0.141. The summed E-state index contributed by atoms with van der Waals surface area (Å²) in [7, 11) is 0. The summed E-state index contributed by atoms with van der Waals surface area (Å²) in [6.45, 7) is 7.77. The number of Topliss-reactive ketones (excluding diaryl/α,β-unsaturated/α-hetero) is 1. The molecule has 58 valence electrons. The van der Waals surface area contributed by atoms with Crippen molar-refractivity contribution in [3.05, 3.63) is 11.6 Å². The van der Waals surface area contributed by atoms with Gasteiger partial charge in [-0.05, 0) is 18.9 Å². The lowest BCUT2D eigenvalue weighted by molar-refractivity contribution is -0.118. The van der Waals surface area contributed by atoms with Gasteiger partial charge in [-0.25, -0.2) is 0 Å². The molecule has 10 heavy (non-hydrogen) atoms. The largest absolute Gasteiger partial charge is 0.294 e. The van der Waals surface area contributed by atoms with Crippen LogP contribution in [0.25, 0.3) is 0 Å². The van der Waals surface area contributed by atoms with Crippen LogP contribution in [-0.2, 0) is 4.79 Å². The Balaban J connectivity index is 4.08. The van der Waals surface area contributed by atoms with Crippen LogP contribution in [0.15, 0.2) is 11.6 Å². The monoisotopic (exact) mass is 140 g/mol. The Labute approximate surface area is 63.1 Å². The van der Waals surface area contributed by atoms with Crippen molar-refractivity contribution in [2.45, 2.75) is 34.1 Å². The lowest BCUT2D eigenvalue weighted by Crippen LogP contribution is -2.07. The van der Waals surface area contributed by atoms with Gasteiger partial charge in [0.25, 0.3) is 0 Å². The lowest BCUT2D eigenvalue weighted by Gasteiger charge is -2.02. The number of ketones is 1. The van der Waals surface area contributed by atoms with Gasteiger partial charge in [-0.1, -0.05) is 26.8 Å². The molecule has 0 saturated heterocycles. The predicted molar refractivity (Wildman–Crippen MR) is 43.9 cm³/mol. The third kappa shape index (κ3) is 2.81. The van der Waals surface area contributed by atoms with E-state index in [1.807, 2.05) is 33.8 Å². The Hall–Kier alpha value is -0.590. The standard InChI is InChI=1S/C9H16O/c1-5-6-8(4)9(10)7(2)3/h6-7H,5H2,1-4H3/b8-6+. The van der Waals surface area contributed by atoms with Crippen LogP contribution in [0, 0.1) is 5.92 Å². The van der Waals surface area contributed by atoms with Crippen LogP contribution in [0.4, 0.5) is 0 Å². The molecule has 0 bridgehead atoms. The minimum Gasteiger partial charge on any atom is -0.294 e. The van der Waals surface area contributed by atoms with E-state index in [4.69, 9.17) is 0 Å². The highest BCUT2D eigenvalue weighted by molar-refractivity contribution is 5.96. The van der Waals surface area contributed by atoms with Crippen molar-refractivity contribution in [3.8, 4) is 0 Å². The zero-order valence-corrected chi connectivity index (χ0v) is 7.27. The van der Waals surface area contributed by atoms with E-state index < -0.39 is 0 Å². The maximum atomic E-state index is 11.2. The molecule has 0 aromatic heterocycles. The zero-order chi connectivity index (χ0) is 8.15. The quantitative estimate of drug-likeness (QED) is 0.551. The van der Waals surface area contributed by atoms with E-state index in [0.29, 0.717) is 0 Å². The van der Waals surface area contributed by atoms with Gasteiger partial charge in [0.15, 0.2) is 5.78 Å². The summed E-state index contributed by atoms with van der Waals surface area (Å²) in [6, 6.07) is 0. The van der Waals surface area contributed by atoms with E-state index in [1.54, 1.807) is 0 Å². The average Bonchev–Trinajstić information content (AvgIpc) is 1.87. The van der Waals surface area contributed by atoms with E-state index in [2.05, 4.69) is 0 Å². The molecule has 1 nitrogen and oxygen atoms in total. The normalized spacial score (nSPS) is 12.3. The van der Waals surface area contributed by atoms with Crippen molar-refractivity contribution >= 4 is 5.78 Å². The van der Waals surface area contributed by atoms with Crippen LogP contribution >= 0.6 is 0 Å². The van der Waals surface area contributed by atoms with Gasteiger partial charge < -0.3 is 0 Å². The highest BCUT2D eigenvalue weighted by atomic mass is 16.1. The Morgan fingerprint density at radius 3 is 2.30 bits per heavy atom. The molecule has 0 fully saturated rings. The fourth-order valence-corrected chi connectivity index (χ4v) is 0.862. The first-order valence-corrected chi connectivity index (χ1v) is 3.80. The number of carbonyl (C=O) groups is 1. The number of hydrogen-bond acceptors (Lipinski definition) is 1. The highest BCUT2D eigenvalue weighted by Gasteiger charge is 2.07. The topological polar surface area (TPSA) is 17.1 Å². The van der Waals surface area contributed by atoms with Gasteiger partial charge in [-0.15, -0.1) is 0 Å². The molecule has 0 atom stereocenters. The van der Waals surface area contributed by atoms with Crippen LogP contribution in [0.2, 0.25) is 0 Å². The third-order valence-corrected chi connectivity index (χ3v) is 1.42.